The Kier molecular flexibility index (Phi) is 3.51. The maximum Gasteiger partial charge on any atom is 0.250 e. The highest BCUT2D eigenvalue weighted by molar-refractivity contribution is 6.30. The van der Waals surface area contributed by atoms with Crippen LogP contribution >= 0.6 is 11.6 Å². The molecule has 0 saturated carbocycles. The first-order chi connectivity index (χ1) is 6.19. The van der Waals surface area contributed by atoms with Crippen molar-refractivity contribution < 1.29 is 0 Å². The molecule has 0 fully saturated rings. The Labute approximate surface area is 82.1 Å². The van der Waals surface area contributed by atoms with Crippen LogP contribution < -0.4 is 11.3 Å². The minimum absolute atomic E-state index is 0.0474. The number of rotatable bonds is 3. The summed E-state index contributed by atoms with van der Waals surface area (Å²) in [7, 11) is 0. The van der Waals surface area contributed by atoms with Gasteiger partial charge in [0.15, 0.2) is 0 Å². The molecule has 4 heteroatoms. The van der Waals surface area contributed by atoms with E-state index in [2.05, 4.69) is 0 Å². The summed E-state index contributed by atoms with van der Waals surface area (Å²) in [6, 6.07) is 3.09. The molecule has 0 saturated heterocycles. The second-order valence-electron chi connectivity index (χ2n) is 2.89. The maximum atomic E-state index is 11.4. The molecule has 3 nitrogen and oxygen atoms in total. The second kappa shape index (κ2) is 4.44. The normalized spacial score (nSPS) is 12.8. The van der Waals surface area contributed by atoms with E-state index in [-0.39, 0.29) is 11.6 Å². The molecule has 72 valence electrons. The van der Waals surface area contributed by atoms with E-state index in [4.69, 9.17) is 17.3 Å². The first-order valence-corrected chi connectivity index (χ1v) is 4.64. The molecule has 13 heavy (non-hydrogen) atoms. The van der Waals surface area contributed by atoms with Crippen LogP contribution in [0, 0.1) is 0 Å². The Bertz CT molecular complexity index is 331. The van der Waals surface area contributed by atoms with Crippen molar-refractivity contribution >= 4 is 11.6 Å². The lowest BCUT2D eigenvalue weighted by molar-refractivity contribution is 0.482. The smallest absolute Gasteiger partial charge is 0.250 e. The van der Waals surface area contributed by atoms with E-state index in [0.717, 1.165) is 6.42 Å². The first-order valence-electron chi connectivity index (χ1n) is 4.26. The third kappa shape index (κ3) is 2.32. The van der Waals surface area contributed by atoms with Crippen molar-refractivity contribution in [2.45, 2.75) is 19.4 Å². The van der Waals surface area contributed by atoms with Gasteiger partial charge in [0.1, 0.15) is 0 Å². The van der Waals surface area contributed by atoms with Crippen LogP contribution in [0.2, 0.25) is 5.02 Å². The van der Waals surface area contributed by atoms with Gasteiger partial charge in [0.05, 0.1) is 5.02 Å². The summed E-state index contributed by atoms with van der Waals surface area (Å²) >= 11 is 5.77. The highest BCUT2D eigenvalue weighted by atomic mass is 35.5. The van der Waals surface area contributed by atoms with Gasteiger partial charge in [0, 0.05) is 24.8 Å². The molecule has 1 unspecified atom stereocenters. The van der Waals surface area contributed by atoms with Crippen LogP contribution in [0.3, 0.4) is 0 Å². The highest BCUT2D eigenvalue weighted by Crippen LogP contribution is 2.10. The van der Waals surface area contributed by atoms with Crippen molar-refractivity contribution in [3.05, 3.63) is 33.7 Å². The molecule has 1 aromatic rings. The van der Waals surface area contributed by atoms with Gasteiger partial charge in [-0.05, 0) is 12.5 Å². The molecule has 0 spiro atoms. The molecule has 0 aliphatic heterocycles. The summed E-state index contributed by atoms with van der Waals surface area (Å²) in [6.07, 6.45) is 2.46. The minimum atomic E-state index is -0.0540. The highest BCUT2D eigenvalue weighted by Gasteiger charge is 2.07. The second-order valence-corrected chi connectivity index (χ2v) is 3.33. The van der Waals surface area contributed by atoms with Crippen molar-refractivity contribution in [1.29, 1.82) is 0 Å². The molecule has 0 bridgehead atoms. The molecule has 1 aromatic heterocycles. The van der Waals surface area contributed by atoms with Gasteiger partial charge in [-0.1, -0.05) is 18.5 Å². The van der Waals surface area contributed by atoms with Crippen LogP contribution in [0.25, 0.3) is 0 Å². The van der Waals surface area contributed by atoms with E-state index in [9.17, 15) is 4.79 Å². The quantitative estimate of drug-likeness (QED) is 0.802. The molecular weight excluding hydrogens is 188 g/mol. The SMILES string of the molecule is CCC(CN)n1cc(Cl)ccc1=O. The number of nitrogens with zero attached hydrogens (tertiary/aromatic N) is 1. The number of halogens is 1. The van der Waals surface area contributed by atoms with E-state index >= 15 is 0 Å². The fraction of sp³-hybridized carbons (Fsp3) is 0.444. The standard InChI is InChI=1S/C9H13ClN2O/c1-2-8(5-11)12-6-7(10)3-4-9(12)13/h3-4,6,8H,2,5,11H2,1H3. The van der Waals surface area contributed by atoms with Crippen LogP contribution in [0.1, 0.15) is 19.4 Å². The zero-order valence-corrected chi connectivity index (χ0v) is 8.29. The number of hydrogen-bond donors (Lipinski definition) is 1. The molecule has 2 N–H and O–H groups in total. The summed E-state index contributed by atoms with van der Waals surface area (Å²) in [5.41, 5.74) is 5.48. The van der Waals surface area contributed by atoms with Crippen molar-refractivity contribution in [2.24, 2.45) is 5.73 Å². The average Bonchev–Trinajstić information content (AvgIpc) is 2.13. The van der Waals surface area contributed by atoms with Gasteiger partial charge < -0.3 is 10.3 Å². The lowest BCUT2D eigenvalue weighted by atomic mass is 10.2. The molecule has 1 rings (SSSR count). The van der Waals surface area contributed by atoms with Crippen LogP contribution in [0.15, 0.2) is 23.1 Å². The summed E-state index contributed by atoms with van der Waals surface area (Å²) in [4.78, 5) is 11.4. The van der Waals surface area contributed by atoms with Crippen molar-refractivity contribution in [3.8, 4) is 0 Å². The van der Waals surface area contributed by atoms with Gasteiger partial charge in [-0.3, -0.25) is 4.79 Å². The van der Waals surface area contributed by atoms with Crippen molar-refractivity contribution in [3.63, 3.8) is 0 Å². The molecule has 0 aliphatic rings. The molecule has 1 atom stereocenters. The van der Waals surface area contributed by atoms with Gasteiger partial charge >= 0.3 is 0 Å². The molecule has 0 aromatic carbocycles. The monoisotopic (exact) mass is 200 g/mol. The predicted molar refractivity (Wildman–Crippen MR) is 54.1 cm³/mol. The zero-order chi connectivity index (χ0) is 9.84. The molecule has 0 aliphatic carbocycles. The third-order valence-corrected chi connectivity index (χ3v) is 2.26. The fourth-order valence-corrected chi connectivity index (χ4v) is 1.41. The van der Waals surface area contributed by atoms with Gasteiger partial charge in [-0.2, -0.15) is 0 Å². The van der Waals surface area contributed by atoms with Crippen LogP contribution in [0.5, 0.6) is 0 Å². The van der Waals surface area contributed by atoms with E-state index in [1.165, 1.54) is 6.07 Å². The third-order valence-electron chi connectivity index (χ3n) is 2.04. The molecule has 0 amide bonds. The average molecular weight is 201 g/mol. The van der Waals surface area contributed by atoms with E-state index in [1.807, 2.05) is 6.92 Å². The van der Waals surface area contributed by atoms with E-state index < -0.39 is 0 Å². The molecule has 0 radical (unpaired) electrons. The molecular formula is C9H13ClN2O. The fourth-order valence-electron chi connectivity index (χ4n) is 1.24. The van der Waals surface area contributed by atoms with E-state index in [0.29, 0.717) is 11.6 Å². The van der Waals surface area contributed by atoms with E-state index in [1.54, 1.807) is 16.8 Å². The first kappa shape index (κ1) is 10.3. The number of hydrogen-bond acceptors (Lipinski definition) is 2. The Balaban J connectivity index is 3.11. The van der Waals surface area contributed by atoms with Crippen molar-refractivity contribution in [2.75, 3.05) is 6.54 Å². The van der Waals surface area contributed by atoms with Crippen LogP contribution in [0.4, 0.5) is 0 Å². The lowest BCUT2D eigenvalue weighted by Gasteiger charge is -2.15. The van der Waals surface area contributed by atoms with Crippen LogP contribution in [-0.4, -0.2) is 11.1 Å². The summed E-state index contributed by atoms with van der Waals surface area (Å²) in [6.45, 7) is 2.45. The Morgan fingerprint density at radius 2 is 2.31 bits per heavy atom. The predicted octanol–water partition coefficient (Wildman–Crippen LogP) is 1.41. The van der Waals surface area contributed by atoms with Gasteiger partial charge in [-0.15, -0.1) is 0 Å². The Morgan fingerprint density at radius 1 is 1.62 bits per heavy atom. The van der Waals surface area contributed by atoms with Crippen molar-refractivity contribution in [1.82, 2.24) is 4.57 Å². The van der Waals surface area contributed by atoms with Crippen LogP contribution in [-0.2, 0) is 0 Å². The Hall–Kier alpha value is -0.800. The number of nitrogens with two attached hydrogens (primary N) is 1. The Morgan fingerprint density at radius 3 is 2.85 bits per heavy atom. The van der Waals surface area contributed by atoms with Gasteiger partial charge in [-0.25, -0.2) is 0 Å². The largest absolute Gasteiger partial charge is 0.328 e. The maximum absolute atomic E-state index is 11.4. The molecule has 1 heterocycles. The van der Waals surface area contributed by atoms with Gasteiger partial charge in [0.2, 0.25) is 0 Å². The number of pyridine rings is 1. The summed E-state index contributed by atoms with van der Waals surface area (Å²) in [5.74, 6) is 0. The van der Waals surface area contributed by atoms with Gasteiger partial charge in [0.25, 0.3) is 5.56 Å². The zero-order valence-electron chi connectivity index (χ0n) is 7.53. The number of aromatic nitrogens is 1. The summed E-state index contributed by atoms with van der Waals surface area (Å²) < 4.78 is 1.59. The topological polar surface area (TPSA) is 48.0 Å². The summed E-state index contributed by atoms with van der Waals surface area (Å²) in [5, 5.41) is 0.562. The lowest BCUT2D eigenvalue weighted by Crippen LogP contribution is -2.28. The minimum Gasteiger partial charge on any atom is -0.328 e.